The Labute approximate surface area is 472 Å². The minimum absolute atomic E-state index is 0.0523. The Bertz CT molecular complexity index is 3400. The van der Waals surface area contributed by atoms with Crippen LogP contribution >= 0.6 is 0 Å². The number of rotatable bonds is 8. The van der Waals surface area contributed by atoms with Crippen LogP contribution in [0, 0.1) is 43.3 Å². The number of aryl methyl sites for hydroxylation is 1. The maximum absolute atomic E-state index is 16.0. The van der Waals surface area contributed by atoms with Crippen LogP contribution in [0.4, 0.5) is 10.1 Å². The first-order chi connectivity index (χ1) is 38.8. The van der Waals surface area contributed by atoms with Gasteiger partial charge < -0.3 is 59.3 Å². The molecule has 1 aromatic carbocycles. The van der Waals surface area contributed by atoms with E-state index in [1.54, 1.807) is 45.6 Å². The minimum atomic E-state index is -2.16. The lowest BCUT2D eigenvalue weighted by Crippen LogP contribution is -2.46. The fourth-order valence-corrected chi connectivity index (χ4v) is 12.1. The number of aromatic hydroxyl groups is 1. The number of allylic oxidation sites excluding steroid dienone is 4. The van der Waals surface area contributed by atoms with Crippen molar-refractivity contribution in [3.8, 4) is 11.5 Å². The van der Waals surface area contributed by atoms with E-state index in [0.29, 0.717) is 35.3 Å². The SMILES string of the molecule is CO[C@H]1/C=C/O[C@@]2(C)Oc3c(C)c(O)c4c(c3C2=O)C(=O)C(N2CCC(=NOC3CCN(c5c(F)cn6c(=O)c(C(=O)O)cc(C7CC7)c6c5C)C3)CC2)=C(NC(=O)/C(C)=C\C=C\[C@H](C)[C@H](O)[C@@H](C)[C@@H](O)[C@@H](C)[C@H](OC(C)=O)[C@@H]1C)C4=O. The summed E-state index contributed by atoms with van der Waals surface area (Å²) in [5, 5.41) is 51.8. The van der Waals surface area contributed by atoms with Crippen LogP contribution in [0.5, 0.6) is 11.5 Å². The van der Waals surface area contributed by atoms with Gasteiger partial charge in [-0.1, -0.05) is 51.1 Å². The van der Waals surface area contributed by atoms with Crippen molar-refractivity contribution in [3.05, 3.63) is 115 Å². The fourth-order valence-electron chi connectivity index (χ4n) is 12.1. The number of halogens is 1. The Morgan fingerprint density at radius 2 is 1.57 bits per heavy atom. The van der Waals surface area contributed by atoms with Gasteiger partial charge in [-0.15, -0.1) is 0 Å². The number of aromatic carboxylic acids is 1. The molecule has 2 aromatic heterocycles. The van der Waals surface area contributed by atoms with E-state index in [1.165, 1.54) is 59.1 Å². The normalized spacial score (nSPS) is 29.7. The number of ketones is 3. The van der Waals surface area contributed by atoms with E-state index in [9.17, 15) is 49.2 Å². The number of oxime groups is 1. The number of fused-ring (bicyclic) bond motifs is 15. The molecule has 82 heavy (non-hydrogen) atoms. The summed E-state index contributed by atoms with van der Waals surface area (Å²) in [4.78, 5) is 106. The number of likely N-dealkylation sites (tertiary alicyclic amines) is 1. The number of aromatic nitrogens is 1. The van der Waals surface area contributed by atoms with E-state index < -0.39 is 135 Å². The molecule has 2 aliphatic carbocycles. The summed E-state index contributed by atoms with van der Waals surface area (Å²) in [6.45, 7) is 14.7. The van der Waals surface area contributed by atoms with Crippen molar-refractivity contribution in [3.63, 3.8) is 0 Å². The monoisotopic (exact) mass is 1140 g/mol. The number of nitrogens with one attached hydrogen (secondary N) is 1. The molecule has 0 radical (unpaired) electrons. The number of pyridine rings is 2. The number of aliphatic hydroxyl groups excluding tert-OH is 2. The molecule has 10 rings (SSSR count). The van der Waals surface area contributed by atoms with Crippen LogP contribution in [0.25, 0.3) is 5.52 Å². The van der Waals surface area contributed by atoms with E-state index in [2.05, 4.69) is 10.5 Å². The number of carboxylic acids is 1. The molecular formula is C60H70FN5O16. The number of benzene rings is 1. The molecule has 1 saturated carbocycles. The van der Waals surface area contributed by atoms with E-state index in [0.717, 1.165) is 29.7 Å². The molecule has 21 nitrogen and oxygen atoms in total. The fraction of sp³-hybridized carbons (Fsp3) is 0.500. The highest BCUT2D eigenvalue weighted by atomic mass is 19.1. The summed E-state index contributed by atoms with van der Waals surface area (Å²) in [5.41, 5.74) is -0.623. The first-order valence-corrected chi connectivity index (χ1v) is 27.7. The average molecular weight is 1140 g/mol. The van der Waals surface area contributed by atoms with Gasteiger partial charge in [-0.3, -0.25) is 33.2 Å². The third-order valence-electron chi connectivity index (χ3n) is 17.1. The number of piperidine rings is 1. The van der Waals surface area contributed by atoms with Crippen LogP contribution in [0.3, 0.4) is 0 Å². The number of carboxylic acid groups (broad SMARTS) is 1. The predicted octanol–water partition coefficient (Wildman–Crippen LogP) is 6.34. The van der Waals surface area contributed by atoms with Crippen LogP contribution in [-0.4, -0.2) is 140 Å². The molecule has 3 aromatic rings. The van der Waals surface area contributed by atoms with Gasteiger partial charge in [0.25, 0.3) is 17.2 Å². The topological polar surface area (TPSA) is 282 Å². The van der Waals surface area contributed by atoms with E-state index in [-0.39, 0.29) is 72.2 Å². The average Bonchev–Trinajstić information content (AvgIpc) is 1.70. The molecule has 7 aliphatic rings. The summed E-state index contributed by atoms with van der Waals surface area (Å²) in [6, 6.07) is 1.41. The zero-order valence-corrected chi connectivity index (χ0v) is 47.5. The van der Waals surface area contributed by atoms with E-state index in [1.807, 2.05) is 4.90 Å². The number of hydrogen-bond acceptors (Lipinski definition) is 18. The van der Waals surface area contributed by atoms with Gasteiger partial charge in [0.15, 0.2) is 5.82 Å². The highest BCUT2D eigenvalue weighted by molar-refractivity contribution is 6.32. The summed E-state index contributed by atoms with van der Waals surface area (Å²) >= 11 is 0. The van der Waals surface area contributed by atoms with Crippen molar-refractivity contribution in [1.29, 1.82) is 0 Å². The molecule has 7 heterocycles. The van der Waals surface area contributed by atoms with Crippen LogP contribution in [-0.2, 0) is 28.6 Å². The molecule has 1 amide bonds. The number of carbonyl (C=O) groups excluding carboxylic acids is 5. The lowest BCUT2D eigenvalue weighted by molar-refractivity contribution is -0.160. The van der Waals surface area contributed by atoms with Crippen molar-refractivity contribution >= 4 is 52.1 Å². The highest BCUT2D eigenvalue weighted by Gasteiger charge is 2.53. The first kappa shape index (κ1) is 58.9. The number of Topliss-reactive ketones (excluding diaryl/α,β-unsaturated/α-hetero) is 3. The third-order valence-corrected chi connectivity index (χ3v) is 17.1. The number of esters is 1. The third kappa shape index (κ3) is 10.7. The highest BCUT2D eigenvalue weighted by Crippen LogP contribution is 2.50. The van der Waals surface area contributed by atoms with Crippen molar-refractivity contribution in [1.82, 2.24) is 14.6 Å². The van der Waals surface area contributed by atoms with Crippen molar-refractivity contribution < 1.29 is 77.4 Å². The number of phenolic OH excluding ortho intramolecular Hbond substituents is 1. The molecule has 10 atom stereocenters. The predicted molar refractivity (Wildman–Crippen MR) is 295 cm³/mol. The Balaban J connectivity index is 1.01. The van der Waals surface area contributed by atoms with Crippen molar-refractivity contribution in [2.75, 3.05) is 38.2 Å². The first-order valence-electron chi connectivity index (χ1n) is 27.7. The standard InChI is InChI=1S/C60H70FN5O16/c1-27-12-11-13-28(2)57(74)62-45-48(64-20-16-36(17-21-64)63-82-37-18-22-65(25-37)47-30(4)46-38(35-14-15-35)24-39(59(76)77)58(75)66(46)26-40(47)61)53(72)42-43(52(45)71)51(70)33(7)55-44(42)56(73)60(9,81-55)79-23-19-41(78-10)29(3)54(80-34(8)67)32(6)50(69)31(5)49(27)68/h11-13,19,23-24,26-27,29,31-32,35,37,41,49-50,54,68-70H,14-18,20-22,25H2,1-10H3,(H,62,74)(H,76,77)/b12-11+,23-19+,28-13-/t27-,29+,31+,32+,37?,41-,49-,50+,54+,60-/m0/s1. The summed E-state index contributed by atoms with van der Waals surface area (Å²) < 4.78 is 40.9. The maximum atomic E-state index is 16.0. The van der Waals surface area contributed by atoms with Crippen LogP contribution in [0.15, 0.2) is 69.7 Å². The molecule has 1 unspecified atom stereocenters. The zero-order valence-electron chi connectivity index (χ0n) is 47.5. The smallest absolute Gasteiger partial charge is 0.341 e. The van der Waals surface area contributed by atoms with Gasteiger partial charge >= 0.3 is 17.7 Å². The lowest BCUT2D eigenvalue weighted by atomic mass is 9.78. The van der Waals surface area contributed by atoms with Crippen molar-refractivity contribution in [2.24, 2.45) is 28.8 Å². The summed E-state index contributed by atoms with van der Waals surface area (Å²) in [6.07, 6.45) is 6.23. The van der Waals surface area contributed by atoms with Gasteiger partial charge in [0.1, 0.15) is 40.7 Å². The number of amides is 1. The number of methoxy groups -OCH3 is 1. The number of anilines is 1. The molecule has 0 spiro atoms. The number of aliphatic hydroxyl groups is 2. The molecule has 5 aliphatic heterocycles. The van der Waals surface area contributed by atoms with E-state index >= 15 is 9.18 Å². The maximum Gasteiger partial charge on any atom is 0.341 e. The minimum Gasteiger partial charge on any atom is -0.507 e. The largest absolute Gasteiger partial charge is 0.507 e. The number of nitrogens with zero attached hydrogens (tertiary/aromatic N) is 4. The Morgan fingerprint density at radius 1 is 0.878 bits per heavy atom. The molecule has 5 bridgehead atoms. The van der Waals surface area contributed by atoms with E-state index in [4.69, 9.17) is 23.8 Å². The number of phenols is 1. The number of carbonyl (C=O) groups is 6. The second kappa shape index (κ2) is 22.9. The molecule has 22 heteroatoms. The van der Waals surface area contributed by atoms with Gasteiger partial charge in [-0.25, -0.2) is 9.18 Å². The van der Waals surface area contributed by atoms with Crippen LogP contribution in [0.1, 0.15) is 145 Å². The Kier molecular flexibility index (Phi) is 16.5. The summed E-state index contributed by atoms with van der Waals surface area (Å²) in [7, 11) is 1.41. The number of ether oxygens (including phenoxy) is 4. The Hall–Kier alpha value is -7.69. The van der Waals surface area contributed by atoms with Gasteiger partial charge in [-0.05, 0) is 62.8 Å². The Morgan fingerprint density at radius 3 is 2.22 bits per heavy atom. The zero-order chi connectivity index (χ0) is 59.5. The summed E-state index contributed by atoms with van der Waals surface area (Å²) in [5.74, 6) is -11.8. The quantitative estimate of drug-likeness (QED) is 0.121. The molecule has 5 N–H and O–H groups in total. The van der Waals surface area contributed by atoms with Crippen LogP contribution < -0.4 is 20.5 Å². The molecule has 2 saturated heterocycles. The second-order valence-corrected chi connectivity index (χ2v) is 22.7. The second-order valence-electron chi connectivity index (χ2n) is 22.7. The molecule has 3 fully saturated rings. The van der Waals surface area contributed by atoms with Crippen LogP contribution in [0.2, 0.25) is 0 Å². The van der Waals surface area contributed by atoms with Gasteiger partial charge in [0.2, 0.25) is 11.6 Å². The van der Waals surface area contributed by atoms with Gasteiger partial charge in [-0.2, -0.15) is 0 Å². The number of hydrogen-bond donors (Lipinski definition) is 5. The molecule has 438 valence electrons. The van der Waals surface area contributed by atoms with Gasteiger partial charge in [0, 0.05) is 94.7 Å². The van der Waals surface area contributed by atoms with Gasteiger partial charge in [0.05, 0.1) is 70.9 Å². The van der Waals surface area contributed by atoms with Crippen molar-refractivity contribution in [2.45, 2.75) is 137 Å². The molecular weight excluding hydrogens is 1070 g/mol. The lowest BCUT2D eigenvalue weighted by Gasteiger charge is -2.38.